The van der Waals surface area contributed by atoms with Crippen molar-refractivity contribution in [1.82, 2.24) is 19.6 Å². The molecule has 3 rings (SSSR count). The zero-order valence-electron chi connectivity index (χ0n) is 15.5. The van der Waals surface area contributed by atoms with Gasteiger partial charge in [0, 0.05) is 22.6 Å². The van der Waals surface area contributed by atoms with Gasteiger partial charge in [0.25, 0.3) is 17.5 Å². The van der Waals surface area contributed by atoms with Crippen LogP contribution in [0.25, 0.3) is 5.78 Å². The van der Waals surface area contributed by atoms with E-state index in [4.69, 9.17) is 10.5 Å². The lowest BCUT2D eigenvalue weighted by molar-refractivity contribution is -0.123. The zero-order valence-corrected chi connectivity index (χ0v) is 15.5. The summed E-state index contributed by atoms with van der Waals surface area (Å²) in [5.41, 5.74) is 7.42. The summed E-state index contributed by atoms with van der Waals surface area (Å²) in [7, 11) is 0. The van der Waals surface area contributed by atoms with Gasteiger partial charge in [-0.3, -0.25) is 9.59 Å². The highest BCUT2D eigenvalue weighted by Gasteiger charge is 2.23. The number of nitrogens with zero attached hydrogens (tertiary/aromatic N) is 4. The van der Waals surface area contributed by atoms with Gasteiger partial charge < -0.3 is 15.8 Å². The van der Waals surface area contributed by atoms with Gasteiger partial charge in [0.15, 0.2) is 6.10 Å². The molecule has 0 bridgehead atoms. The maximum Gasteiger partial charge on any atom is 0.379 e. The number of esters is 1. The van der Waals surface area contributed by atoms with Crippen LogP contribution >= 0.6 is 0 Å². The van der Waals surface area contributed by atoms with Crippen molar-refractivity contribution < 1.29 is 19.1 Å². The van der Waals surface area contributed by atoms with Crippen molar-refractivity contribution in [1.29, 1.82) is 0 Å². The minimum Gasteiger partial charge on any atom is -0.447 e. The number of hydrogen-bond donors (Lipinski definition) is 2. The van der Waals surface area contributed by atoms with Crippen molar-refractivity contribution in [2.45, 2.75) is 26.9 Å². The predicted molar refractivity (Wildman–Crippen MR) is 98.7 cm³/mol. The average molecular weight is 382 g/mol. The molecule has 0 saturated heterocycles. The normalized spacial score (nSPS) is 11.8. The van der Waals surface area contributed by atoms with Crippen LogP contribution in [0.1, 0.15) is 39.3 Å². The second-order valence-corrected chi connectivity index (χ2v) is 6.16. The number of benzene rings is 1. The van der Waals surface area contributed by atoms with Gasteiger partial charge in [-0.05, 0) is 51.1 Å². The van der Waals surface area contributed by atoms with Crippen LogP contribution in [0.3, 0.4) is 0 Å². The number of anilines is 1. The number of carbonyl (C=O) groups excluding carboxylic acids is 3. The van der Waals surface area contributed by atoms with Crippen LogP contribution in [-0.2, 0) is 9.53 Å². The van der Waals surface area contributed by atoms with Crippen molar-refractivity contribution in [2.75, 3.05) is 5.32 Å². The minimum absolute atomic E-state index is 0.188. The highest BCUT2D eigenvalue weighted by Crippen LogP contribution is 2.11. The number of rotatable bonds is 5. The predicted octanol–water partition coefficient (Wildman–Crippen LogP) is 1.02. The number of fused-ring (bicyclic) bond motifs is 1. The van der Waals surface area contributed by atoms with Crippen molar-refractivity contribution in [3.8, 4) is 0 Å². The van der Waals surface area contributed by atoms with E-state index in [1.54, 1.807) is 6.07 Å². The smallest absolute Gasteiger partial charge is 0.379 e. The largest absolute Gasteiger partial charge is 0.447 e. The SMILES string of the molecule is Cc1cc(C)n2nc(C(=O)O[C@@H](C)C(=O)Nc3ccc(C(N)=O)cc3)nc2n1. The van der Waals surface area contributed by atoms with Gasteiger partial charge >= 0.3 is 5.97 Å². The fourth-order valence-corrected chi connectivity index (χ4v) is 2.48. The van der Waals surface area contributed by atoms with Crippen molar-refractivity contribution in [2.24, 2.45) is 5.73 Å². The first-order valence-corrected chi connectivity index (χ1v) is 8.37. The summed E-state index contributed by atoms with van der Waals surface area (Å²) >= 11 is 0. The van der Waals surface area contributed by atoms with Crippen LogP contribution in [0.5, 0.6) is 0 Å². The molecule has 2 amide bonds. The lowest BCUT2D eigenvalue weighted by Crippen LogP contribution is -2.30. The molecule has 0 unspecified atom stereocenters. The Hall–Kier alpha value is -3.82. The van der Waals surface area contributed by atoms with E-state index in [2.05, 4.69) is 20.4 Å². The lowest BCUT2D eigenvalue weighted by atomic mass is 10.2. The third-order valence-electron chi connectivity index (χ3n) is 3.89. The minimum atomic E-state index is -1.09. The van der Waals surface area contributed by atoms with Crippen LogP contribution in [0.15, 0.2) is 30.3 Å². The van der Waals surface area contributed by atoms with E-state index < -0.39 is 23.9 Å². The first-order valence-electron chi connectivity index (χ1n) is 8.37. The standard InChI is InChI=1S/C18H18N6O4/c1-9-8-10(2)24-18(20-9)22-15(23-24)17(27)28-11(3)16(26)21-13-6-4-12(5-7-13)14(19)25/h4-8,11H,1-3H3,(H2,19,25)(H,21,26)/t11-/m0/s1. The summed E-state index contributed by atoms with van der Waals surface area (Å²) in [5, 5.41) is 6.65. The topological polar surface area (TPSA) is 142 Å². The summed E-state index contributed by atoms with van der Waals surface area (Å²) in [6.45, 7) is 5.04. The molecule has 1 atom stereocenters. The molecule has 3 aromatic rings. The number of aromatic nitrogens is 4. The van der Waals surface area contributed by atoms with Crippen LogP contribution in [0.2, 0.25) is 0 Å². The molecule has 0 aliphatic carbocycles. The number of aryl methyl sites for hydroxylation is 2. The van der Waals surface area contributed by atoms with E-state index >= 15 is 0 Å². The lowest BCUT2D eigenvalue weighted by Gasteiger charge is -2.12. The molecule has 0 aliphatic heterocycles. The maximum absolute atomic E-state index is 12.3. The summed E-state index contributed by atoms with van der Waals surface area (Å²) in [4.78, 5) is 43.8. The molecule has 0 saturated carbocycles. The summed E-state index contributed by atoms with van der Waals surface area (Å²) < 4.78 is 6.57. The molecule has 10 nitrogen and oxygen atoms in total. The van der Waals surface area contributed by atoms with Crippen molar-refractivity contribution in [3.05, 3.63) is 53.1 Å². The van der Waals surface area contributed by atoms with Crippen molar-refractivity contribution in [3.63, 3.8) is 0 Å². The quantitative estimate of drug-likeness (QED) is 0.627. The van der Waals surface area contributed by atoms with E-state index in [1.807, 2.05) is 13.8 Å². The summed E-state index contributed by atoms with van der Waals surface area (Å²) in [5.74, 6) is -1.87. The molecule has 3 N–H and O–H groups in total. The molecule has 0 aliphatic rings. The Morgan fingerprint density at radius 3 is 2.46 bits per heavy atom. The molecule has 0 radical (unpaired) electrons. The molecule has 0 spiro atoms. The van der Waals surface area contributed by atoms with E-state index in [1.165, 1.54) is 35.7 Å². The molecule has 2 heterocycles. The van der Waals surface area contributed by atoms with Gasteiger partial charge in [0.05, 0.1) is 0 Å². The second-order valence-electron chi connectivity index (χ2n) is 6.16. The molecule has 10 heteroatoms. The van der Waals surface area contributed by atoms with Crippen LogP contribution < -0.4 is 11.1 Å². The number of amides is 2. The maximum atomic E-state index is 12.3. The molecular weight excluding hydrogens is 364 g/mol. The zero-order chi connectivity index (χ0) is 20.4. The second kappa shape index (κ2) is 7.43. The van der Waals surface area contributed by atoms with Gasteiger partial charge in [-0.2, -0.15) is 4.98 Å². The van der Waals surface area contributed by atoms with Gasteiger partial charge in [0.2, 0.25) is 5.91 Å². The molecule has 2 aromatic heterocycles. The first kappa shape index (κ1) is 19.0. The highest BCUT2D eigenvalue weighted by molar-refractivity contribution is 5.97. The molecule has 0 fully saturated rings. The summed E-state index contributed by atoms with van der Waals surface area (Å²) in [6, 6.07) is 7.80. The number of hydrogen-bond acceptors (Lipinski definition) is 7. The van der Waals surface area contributed by atoms with E-state index in [0.717, 1.165) is 11.4 Å². The van der Waals surface area contributed by atoms with Crippen LogP contribution in [0, 0.1) is 13.8 Å². The Morgan fingerprint density at radius 1 is 1.14 bits per heavy atom. The fraction of sp³-hybridized carbons (Fsp3) is 0.222. The number of carbonyl (C=O) groups is 3. The van der Waals surface area contributed by atoms with E-state index in [-0.39, 0.29) is 11.6 Å². The number of nitrogens with one attached hydrogen (secondary N) is 1. The fourth-order valence-electron chi connectivity index (χ4n) is 2.48. The Bertz CT molecular complexity index is 1070. The molecule has 1 aromatic carbocycles. The number of ether oxygens (including phenoxy) is 1. The Morgan fingerprint density at radius 2 is 1.82 bits per heavy atom. The van der Waals surface area contributed by atoms with Crippen LogP contribution in [0.4, 0.5) is 5.69 Å². The van der Waals surface area contributed by atoms with Gasteiger partial charge in [-0.15, -0.1) is 5.10 Å². The van der Waals surface area contributed by atoms with Crippen molar-refractivity contribution >= 4 is 29.2 Å². The third kappa shape index (κ3) is 3.95. The highest BCUT2D eigenvalue weighted by atomic mass is 16.5. The Balaban J connectivity index is 1.67. The monoisotopic (exact) mass is 382 g/mol. The first-order chi connectivity index (χ1) is 13.2. The Kier molecular flexibility index (Phi) is 5.03. The van der Waals surface area contributed by atoms with E-state index in [9.17, 15) is 14.4 Å². The molecule has 28 heavy (non-hydrogen) atoms. The average Bonchev–Trinajstić information content (AvgIpc) is 3.06. The summed E-state index contributed by atoms with van der Waals surface area (Å²) in [6.07, 6.45) is -1.09. The van der Waals surface area contributed by atoms with Crippen LogP contribution in [-0.4, -0.2) is 43.5 Å². The molecule has 144 valence electrons. The Labute approximate surface area is 159 Å². The van der Waals surface area contributed by atoms with E-state index in [0.29, 0.717) is 11.3 Å². The van der Waals surface area contributed by atoms with Gasteiger partial charge in [0.1, 0.15) is 0 Å². The number of primary amides is 1. The third-order valence-corrected chi connectivity index (χ3v) is 3.89. The number of nitrogens with two attached hydrogens (primary N) is 1. The van der Waals surface area contributed by atoms with Gasteiger partial charge in [-0.1, -0.05) is 0 Å². The van der Waals surface area contributed by atoms with Gasteiger partial charge in [-0.25, -0.2) is 14.3 Å². The molecular formula is C18H18N6O4.